The van der Waals surface area contributed by atoms with Crippen LogP contribution in [0.3, 0.4) is 0 Å². The van der Waals surface area contributed by atoms with E-state index in [-0.39, 0.29) is 5.91 Å². The molecule has 0 fully saturated rings. The lowest BCUT2D eigenvalue weighted by Crippen LogP contribution is -2.30. The van der Waals surface area contributed by atoms with Gasteiger partial charge in [-0.1, -0.05) is 36.4 Å². The lowest BCUT2D eigenvalue weighted by atomic mass is 10.2. The molecule has 1 amide bonds. The Hall–Kier alpha value is -3.12. The second-order valence-electron chi connectivity index (χ2n) is 6.36. The molecule has 0 aliphatic carbocycles. The number of aromatic nitrogens is 2. The molecule has 0 bridgehead atoms. The number of benzene rings is 3. The van der Waals surface area contributed by atoms with Crippen LogP contribution in [0.1, 0.15) is 6.92 Å². The molecule has 2 N–H and O–H groups in total. The van der Waals surface area contributed by atoms with Crippen LogP contribution in [-0.4, -0.2) is 22.0 Å². The number of halogens is 1. The quantitative estimate of drug-likeness (QED) is 0.440. The summed E-state index contributed by atoms with van der Waals surface area (Å²) in [5, 5.41) is 2.90. The van der Waals surface area contributed by atoms with Gasteiger partial charge in [-0.05, 0) is 59.3 Å². The van der Waals surface area contributed by atoms with E-state index in [0.717, 1.165) is 26.9 Å². The number of anilines is 1. The average Bonchev–Trinajstić information content (AvgIpc) is 3.14. The first-order chi connectivity index (χ1) is 13.6. The van der Waals surface area contributed by atoms with Crippen molar-refractivity contribution < 1.29 is 9.53 Å². The summed E-state index contributed by atoms with van der Waals surface area (Å²) >= 11 is 3.42. The monoisotopic (exact) mass is 435 g/mol. The van der Waals surface area contributed by atoms with Crippen LogP contribution >= 0.6 is 15.9 Å². The Morgan fingerprint density at radius 1 is 1.07 bits per heavy atom. The predicted molar refractivity (Wildman–Crippen MR) is 114 cm³/mol. The van der Waals surface area contributed by atoms with Crippen molar-refractivity contribution in [2.24, 2.45) is 0 Å². The van der Waals surface area contributed by atoms with Gasteiger partial charge in [0.1, 0.15) is 11.6 Å². The smallest absolute Gasteiger partial charge is 0.265 e. The van der Waals surface area contributed by atoms with E-state index in [4.69, 9.17) is 4.74 Å². The van der Waals surface area contributed by atoms with E-state index in [1.165, 1.54) is 0 Å². The van der Waals surface area contributed by atoms with Crippen molar-refractivity contribution in [1.29, 1.82) is 0 Å². The molecule has 1 unspecified atom stereocenters. The van der Waals surface area contributed by atoms with Gasteiger partial charge < -0.3 is 15.0 Å². The second-order valence-corrected chi connectivity index (χ2v) is 7.22. The molecule has 6 heteroatoms. The maximum atomic E-state index is 12.5. The van der Waals surface area contributed by atoms with Gasteiger partial charge in [-0.3, -0.25) is 4.79 Å². The van der Waals surface area contributed by atoms with Crippen LogP contribution in [0.15, 0.2) is 77.3 Å². The zero-order valence-electron chi connectivity index (χ0n) is 15.1. The van der Waals surface area contributed by atoms with Gasteiger partial charge in [0.2, 0.25) is 0 Å². The Morgan fingerprint density at radius 2 is 1.86 bits per heavy atom. The summed E-state index contributed by atoms with van der Waals surface area (Å²) in [5.41, 5.74) is 3.46. The van der Waals surface area contributed by atoms with Gasteiger partial charge in [0.25, 0.3) is 5.91 Å². The fraction of sp³-hybridized carbons (Fsp3) is 0.0909. The summed E-state index contributed by atoms with van der Waals surface area (Å²) in [5.74, 6) is 1.16. The molecule has 1 aromatic heterocycles. The summed E-state index contributed by atoms with van der Waals surface area (Å²) in [4.78, 5) is 20.4. The maximum absolute atomic E-state index is 12.5. The average molecular weight is 436 g/mol. The van der Waals surface area contributed by atoms with Crippen molar-refractivity contribution >= 4 is 38.6 Å². The van der Waals surface area contributed by atoms with Gasteiger partial charge in [0, 0.05) is 11.3 Å². The SMILES string of the molecule is CC(Oc1ccccc1Br)C(=O)Nc1cccc(-c2nc3ccccc3[nH]2)c1. The number of aromatic amines is 1. The van der Waals surface area contributed by atoms with Crippen LogP contribution in [0.2, 0.25) is 0 Å². The Morgan fingerprint density at radius 3 is 2.68 bits per heavy atom. The molecule has 28 heavy (non-hydrogen) atoms. The number of fused-ring (bicyclic) bond motifs is 1. The molecule has 3 aromatic carbocycles. The number of nitrogens with zero attached hydrogens (tertiary/aromatic N) is 1. The first kappa shape index (κ1) is 18.3. The lowest BCUT2D eigenvalue weighted by molar-refractivity contribution is -0.122. The number of nitrogens with one attached hydrogen (secondary N) is 2. The molecular formula is C22H18BrN3O2. The van der Waals surface area contributed by atoms with Gasteiger partial charge in [0.15, 0.2) is 6.10 Å². The first-order valence-electron chi connectivity index (χ1n) is 8.87. The standard InChI is InChI=1S/C22H18BrN3O2/c1-14(28-20-12-5-2-9-17(20)23)22(27)24-16-8-6-7-15(13-16)21-25-18-10-3-4-11-19(18)26-21/h2-14H,1H3,(H,24,27)(H,25,26). The summed E-state index contributed by atoms with van der Waals surface area (Å²) in [7, 11) is 0. The third-order valence-corrected chi connectivity index (χ3v) is 4.96. The van der Waals surface area contributed by atoms with Crippen molar-refractivity contribution in [3.05, 3.63) is 77.3 Å². The highest BCUT2D eigenvalue weighted by atomic mass is 79.9. The van der Waals surface area contributed by atoms with Gasteiger partial charge in [-0.15, -0.1) is 0 Å². The fourth-order valence-electron chi connectivity index (χ4n) is 2.86. The highest BCUT2D eigenvalue weighted by Crippen LogP contribution is 2.26. The third kappa shape index (κ3) is 3.92. The number of carbonyl (C=O) groups excluding carboxylic acids is 1. The Bertz CT molecular complexity index is 1110. The topological polar surface area (TPSA) is 67.0 Å². The number of H-pyrrole nitrogens is 1. The number of ether oxygens (including phenoxy) is 1. The van der Waals surface area contributed by atoms with Crippen LogP contribution < -0.4 is 10.1 Å². The van der Waals surface area contributed by atoms with E-state index in [0.29, 0.717) is 11.4 Å². The molecule has 0 aliphatic heterocycles. The van der Waals surface area contributed by atoms with E-state index >= 15 is 0 Å². The summed E-state index contributed by atoms with van der Waals surface area (Å²) in [6, 6.07) is 22.9. The minimum Gasteiger partial charge on any atom is -0.480 e. The number of hydrogen-bond donors (Lipinski definition) is 2. The summed E-state index contributed by atoms with van der Waals surface area (Å²) in [6.45, 7) is 1.72. The normalized spacial score (nSPS) is 11.9. The number of para-hydroxylation sites is 3. The van der Waals surface area contributed by atoms with Gasteiger partial charge in [-0.2, -0.15) is 0 Å². The molecule has 4 rings (SSSR count). The lowest BCUT2D eigenvalue weighted by Gasteiger charge is -2.16. The van der Waals surface area contributed by atoms with E-state index in [2.05, 4.69) is 31.2 Å². The third-order valence-electron chi connectivity index (χ3n) is 4.30. The first-order valence-corrected chi connectivity index (χ1v) is 9.67. The number of amides is 1. The van der Waals surface area contributed by atoms with E-state index < -0.39 is 6.10 Å². The van der Waals surface area contributed by atoms with Gasteiger partial charge >= 0.3 is 0 Å². The molecule has 1 atom stereocenters. The molecule has 0 saturated heterocycles. The predicted octanol–water partition coefficient (Wildman–Crippen LogP) is 5.40. The Balaban J connectivity index is 1.50. The largest absolute Gasteiger partial charge is 0.480 e. The number of hydrogen-bond acceptors (Lipinski definition) is 3. The minimum atomic E-state index is -0.645. The van der Waals surface area contributed by atoms with Gasteiger partial charge in [0.05, 0.1) is 15.5 Å². The number of carbonyl (C=O) groups is 1. The maximum Gasteiger partial charge on any atom is 0.265 e. The van der Waals surface area contributed by atoms with Crippen molar-refractivity contribution in [3.8, 4) is 17.1 Å². The van der Waals surface area contributed by atoms with E-state index in [1.54, 1.807) is 6.92 Å². The van der Waals surface area contributed by atoms with Crippen molar-refractivity contribution in [2.75, 3.05) is 5.32 Å². The van der Waals surface area contributed by atoms with Crippen molar-refractivity contribution in [3.63, 3.8) is 0 Å². The van der Waals surface area contributed by atoms with Crippen molar-refractivity contribution in [2.45, 2.75) is 13.0 Å². The van der Waals surface area contributed by atoms with Crippen LogP contribution in [-0.2, 0) is 4.79 Å². The molecular weight excluding hydrogens is 418 g/mol. The summed E-state index contributed by atoms with van der Waals surface area (Å²) < 4.78 is 6.56. The zero-order valence-corrected chi connectivity index (χ0v) is 16.7. The van der Waals surface area contributed by atoms with Gasteiger partial charge in [-0.25, -0.2) is 4.98 Å². The van der Waals surface area contributed by atoms with Crippen LogP contribution in [0, 0.1) is 0 Å². The molecule has 5 nitrogen and oxygen atoms in total. The Labute approximate surface area is 170 Å². The van der Waals surface area contributed by atoms with Crippen LogP contribution in [0.4, 0.5) is 5.69 Å². The summed E-state index contributed by atoms with van der Waals surface area (Å²) in [6.07, 6.45) is -0.645. The molecule has 140 valence electrons. The van der Waals surface area contributed by atoms with Crippen LogP contribution in [0.25, 0.3) is 22.4 Å². The number of rotatable bonds is 5. The minimum absolute atomic E-state index is 0.225. The molecule has 1 heterocycles. The highest BCUT2D eigenvalue weighted by molar-refractivity contribution is 9.10. The molecule has 0 saturated carbocycles. The van der Waals surface area contributed by atoms with E-state index in [9.17, 15) is 4.79 Å². The van der Waals surface area contributed by atoms with E-state index in [1.807, 2.05) is 72.8 Å². The van der Waals surface area contributed by atoms with Crippen LogP contribution in [0.5, 0.6) is 5.75 Å². The molecule has 0 radical (unpaired) electrons. The molecule has 4 aromatic rings. The molecule has 0 spiro atoms. The zero-order chi connectivity index (χ0) is 19.5. The second kappa shape index (κ2) is 7.86. The van der Waals surface area contributed by atoms with Crippen molar-refractivity contribution in [1.82, 2.24) is 9.97 Å². The Kier molecular flexibility index (Phi) is 5.12. The molecule has 0 aliphatic rings. The highest BCUT2D eigenvalue weighted by Gasteiger charge is 2.16. The fourth-order valence-corrected chi connectivity index (χ4v) is 3.24. The number of imidazole rings is 1.